The maximum absolute atomic E-state index is 12.6. The van der Waals surface area contributed by atoms with Crippen molar-refractivity contribution >= 4 is 32.9 Å². The van der Waals surface area contributed by atoms with Gasteiger partial charge in [0, 0.05) is 31.9 Å². The summed E-state index contributed by atoms with van der Waals surface area (Å²) in [4.78, 5) is 23.4. The Morgan fingerprint density at radius 3 is 2.53 bits per heavy atom. The number of piperidine rings is 1. The summed E-state index contributed by atoms with van der Waals surface area (Å²) in [6, 6.07) is 7.34. The van der Waals surface area contributed by atoms with Gasteiger partial charge in [0.05, 0.1) is 10.4 Å². The third-order valence-electron chi connectivity index (χ3n) is 6.85. The minimum Gasteiger partial charge on any atom is -0.382 e. The van der Waals surface area contributed by atoms with Crippen LogP contribution in [-0.2, 0) is 27.9 Å². The molecule has 1 fully saturated rings. The number of sulfonamides is 1. The van der Waals surface area contributed by atoms with Crippen molar-refractivity contribution in [2.75, 3.05) is 25.4 Å². The smallest absolute Gasteiger partial charge is 0.331 e. The van der Waals surface area contributed by atoms with E-state index in [4.69, 9.17) is 15.5 Å². The number of rotatable bonds is 8. The Labute approximate surface area is 211 Å². The van der Waals surface area contributed by atoms with Crippen LogP contribution in [0.15, 0.2) is 35.2 Å². The number of pyridine rings is 1. The second kappa shape index (κ2) is 10.8. The molecule has 0 aliphatic carbocycles. The maximum atomic E-state index is 12.6. The fourth-order valence-corrected chi connectivity index (χ4v) is 5.66. The number of likely N-dealkylation sites (tertiary alicyclic amines) is 1. The van der Waals surface area contributed by atoms with Crippen molar-refractivity contribution in [2.24, 2.45) is 5.92 Å². The van der Waals surface area contributed by atoms with Crippen LogP contribution in [0.1, 0.15) is 43.3 Å². The van der Waals surface area contributed by atoms with Crippen LogP contribution in [0.5, 0.6) is 0 Å². The minimum atomic E-state index is -3.89. The quantitative estimate of drug-likeness (QED) is 0.471. The van der Waals surface area contributed by atoms with Crippen molar-refractivity contribution in [1.82, 2.24) is 24.2 Å². The summed E-state index contributed by atoms with van der Waals surface area (Å²) in [6.45, 7) is 8.69. The first-order valence-electron chi connectivity index (χ1n) is 12.3. The SMILES string of the molecule is CCOCc1nc2c(N)nc(C)c(C)c2n1CCC1CCN(C(=O)NS(=O)(=O)c2ccccc2)CC1. The molecule has 1 aliphatic rings. The van der Waals surface area contributed by atoms with E-state index < -0.39 is 16.1 Å². The number of carbonyl (C=O) groups is 1. The van der Waals surface area contributed by atoms with Gasteiger partial charge in [-0.2, -0.15) is 0 Å². The first-order valence-corrected chi connectivity index (χ1v) is 13.8. The van der Waals surface area contributed by atoms with Crippen molar-refractivity contribution in [3.05, 3.63) is 47.4 Å². The Bertz CT molecular complexity index is 1330. The summed E-state index contributed by atoms with van der Waals surface area (Å²) in [5.74, 6) is 1.66. The third-order valence-corrected chi connectivity index (χ3v) is 8.18. The van der Waals surface area contributed by atoms with E-state index in [0.29, 0.717) is 43.6 Å². The number of amides is 2. The number of hydrogen-bond acceptors (Lipinski definition) is 7. The predicted octanol–water partition coefficient (Wildman–Crippen LogP) is 3.37. The summed E-state index contributed by atoms with van der Waals surface area (Å²) in [5.41, 5.74) is 9.83. The third kappa shape index (κ3) is 5.46. The zero-order chi connectivity index (χ0) is 25.9. The highest BCUT2D eigenvalue weighted by Crippen LogP contribution is 2.29. The van der Waals surface area contributed by atoms with Gasteiger partial charge in [-0.25, -0.2) is 27.9 Å². The number of nitrogens with zero attached hydrogens (tertiary/aromatic N) is 4. The van der Waals surface area contributed by atoms with Crippen molar-refractivity contribution in [2.45, 2.75) is 58.1 Å². The molecule has 0 atom stereocenters. The Morgan fingerprint density at radius 1 is 1.17 bits per heavy atom. The van der Waals surface area contributed by atoms with Crippen molar-refractivity contribution in [3.63, 3.8) is 0 Å². The first kappa shape index (κ1) is 25.9. The minimum absolute atomic E-state index is 0.0741. The van der Waals surface area contributed by atoms with Crippen LogP contribution in [0.25, 0.3) is 11.0 Å². The van der Waals surface area contributed by atoms with Crippen LogP contribution in [0, 0.1) is 19.8 Å². The first-order chi connectivity index (χ1) is 17.2. The van der Waals surface area contributed by atoms with Gasteiger partial charge in [-0.15, -0.1) is 0 Å². The normalized spacial score (nSPS) is 14.9. The number of nitrogens with one attached hydrogen (secondary N) is 1. The molecule has 10 nitrogen and oxygen atoms in total. The number of carbonyl (C=O) groups excluding carboxylic acids is 1. The van der Waals surface area contributed by atoms with Gasteiger partial charge in [-0.3, -0.25) is 0 Å². The van der Waals surface area contributed by atoms with Crippen LogP contribution < -0.4 is 10.5 Å². The molecule has 194 valence electrons. The van der Waals surface area contributed by atoms with E-state index in [2.05, 4.69) is 14.3 Å². The van der Waals surface area contributed by atoms with E-state index in [0.717, 1.165) is 48.4 Å². The number of imidazole rings is 1. The number of benzene rings is 1. The van der Waals surface area contributed by atoms with Gasteiger partial charge in [0.15, 0.2) is 5.82 Å². The summed E-state index contributed by atoms with van der Waals surface area (Å²) >= 11 is 0. The summed E-state index contributed by atoms with van der Waals surface area (Å²) in [6.07, 6.45) is 2.50. The van der Waals surface area contributed by atoms with Crippen LogP contribution in [-0.4, -0.2) is 53.6 Å². The Morgan fingerprint density at radius 2 is 1.86 bits per heavy atom. The zero-order valence-corrected chi connectivity index (χ0v) is 21.8. The van der Waals surface area contributed by atoms with Gasteiger partial charge in [0.2, 0.25) is 0 Å². The molecule has 3 aromatic rings. The molecule has 1 aliphatic heterocycles. The molecule has 3 N–H and O–H groups in total. The number of aryl methyl sites for hydroxylation is 3. The van der Waals surface area contributed by atoms with Gasteiger partial charge < -0.3 is 19.9 Å². The lowest BCUT2D eigenvalue weighted by molar-refractivity contribution is 0.125. The van der Waals surface area contributed by atoms with Crippen LogP contribution >= 0.6 is 0 Å². The number of nitrogen functional groups attached to an aromatic ring is 1. The molecule has 11 heteroatoms. The summed E-state index contributed by atoms with van der Waals surface area (Å²) < 4.78 is 35.0. The zero-order valence-electron chi connectivity index (χ0n) is 21.0. The average Bonchev–Trinajstić information content (AvgIpc) is 3.24. The lowest BCUT2D eigenvalue weighted by atomic mass is 9.93. The number of hydrogen-bond donors (Lipinski definition) is 2. The van der Waals surface area contributed by atoms with Crippen molar-refractivity contribution < 1.29 is 17.9 Å². The van der Waals surface area contributed by atoms with Crippen molar-refractivity contribution in [3.8, 4) is 0 Å². The summed E-state index contributed by atoms with van der Waals surface area (Å²) in [7, 11) is -3.89. The average molecular weight is 515 g/mol. The molecule has 0 radical (unpaired) electrons. The number of anilines is 1. The molecule has 0 spiro atoms. The second-order valence-electron chi connectivity index (χ2n) is 9.16. The van der Waals surface area contributed by atoms with Crippen LogP contribution in [0.4, 0.5) is 10.6 Å². The Balaban J connectivity index is 1.40. The lowest BCUT2D eigenvalue weighted by Crippen LogP contribution is -2.46. The Kier molecular flexibility index (Phi) is 7.79. The molecule has 4 rings (SSSR count). The van der Waals surface area contributed by atoms with E-state index in [-0.39, 0.29) is 4.90 Å². The topological polar surface area (TPSA) is 132 Å². The van der Waals surface area contributed by atoms with Gasteiger partial charge >= 0.3 is 6.03 Å². The standard InChI is InChI=1S/C25H34N6O4S/c1-4-35-16-21-28-22-23(17(2)18(3)27-24(22)26)31(21)15-12-19-10-13-30(14-11-19)25(32)29-36(33,34)20-8-6-5-7-9-20/h5-9,19H,4,10-16H2,1-3H3,(H2,26,27)(H,29,32). The second-order valence-corrected chi connectivity index (χ2v) is 10.8. The number of ether oxygens (including phenoxy) is 1. The molecule has 2 amide bonds. The molecule has 3 heterocycles. The Hall–Kier alpha value is -3.18. The van der Waals surface area contributed by atoms with Crippen LogP contribution in [0.2, 0.25) is 0 Å². The van der Waals surface area contributed by atoms with E-state index in [1.807, 2.05) is 20.8 Å². The molecular formula is C25H34N6O4S. The largest absolute Gasteiger partial charge is 0.382 e. The molecule has 0 saturated carbocycles. The van der Waals surface area contributed by atoms with E-state index >= 15 is 0 Å². The predicted molar refractivity (Wildman–Crippen MR) is 138 cm³/mol. The molecule has 2 aromatic heterocycles. The van der Waals surface area contributed by atoms with E-state index in [1.54, 1.807) is 23.1 Å². The maximum Gasteiger partial charge on any atom is 0.331 e. The number of urea groups is 1. The van der Waals surface area contributed by atoms with Gasteiger partial charge in [0.1, 0.15) is 17.9 Å². The monoisotopic (exact) mass is 514 g/mol. The molecular weight excluding hydrogens is 480 g/mol. The summed E-state index contributed by atoms with van der Waals surface area (Å²) in [5, 5.41) is 0. The highest BCUT2D eigenvalue weighted by Gasteiger charge is 2.27. The molecule has 0 bridgehead atoms. The lowest BCUT2D eigenvalue weighted by Gasteiger charge is -2.32. The van der Waals surface area contributed by atoms with Gasteiger partial charge in [-0.05, 0) is 63.6 Å². The number of fused-ring (bicyclic) bond motifs is 1. The molecule has 1 aromatic carbocycles. The number of aromatic nitrogens is 3. The molecule has 36 heavy (non-hydrogen) atoms. The fraction of sp³-hybridized carbons (Fsp3) is 0.480. The highest BCUT2D eigenvalue weighted by molar-refractivity contribution is 7.90. The van der Waals surface area contributed by atoms with E-state index in [1.165, 1.54) is 12.1 Å². The van der Waals surface area contributed by atoms with Crippen molar-refractivity contribution in [1.29, 1.82) is 0 Å². The number of nitrogens with two attached hydrogens (primary N) is 1. The molecule has 1 saturated heterocycles. The molecule has 0 unspecified atom stereocenters. The van der Waals surface area contributed by atoms with Crippen LogP contribution in [0.3, 0.4) is 0 Å². The van der Waals surface area contributed by atoms with Gasteiger partial charge in [-0.1, -0.05) is 18.2 Å². The fourth-order valence-electron chi connectivity index (χ4n) is 4.67. The van der Waals surface area contributed by atoms with Gasteiger partial charge in [0.25, 0.3) is 10.0 Å². The van der Waals surface area contributed by atoms with E-state index in [9.17, 15) is 13.2 Å². The highest BCUT2D eigenvalue weighted by atomic mass is 32.2.